The Morgan fingerprint density at radius 2 is 1.20 bits per heavy atom. The number of hydrogen-bond acceptors (Lipinski definition) is 0. The first-order valence-corrected chi connectivity index (χ1v) is 16.1. The van der Waals surface area contributed by atoms with Crippen LogP contribution in [0.3, 0.4) is 0 Å². The number of rotatable bonds is 1. The predicted octanol–water partition coefficient (Wildman–Crippen LogP) is 12.1. The third-order valence-electron chi connectivity index (χ3n) is 10.1. The molecule has 216 valence electrons. The topological polar surface area (TPSA) is 20.7 Å². The fourth-order valence-corrected chi connectivity index (χ4v) is 8.11. The Morgan fingerprint density at radius 1 is 0.533 bits per heavy atom. The third-order valence-corrected chi connectivity index (χ3v) is 10.1. The molecule has 2 heterocycles. The molecule has 0 atom stereocenters. The van der Waals surface area contributed by atoms with E-state index in [1.807, 2.05) is 13.8 Å². The number of nitrogens with zero attached hydrogens (tertiary/aromatic N) is 1. The highest BCUT2D eigenvalue weighted by atomic mass is 15.0. The molecular formula is C43H34N2. The van der Waals surface area contributed by atoms with E-state index in [-0.39, 0.29) is 5.41 Å². The third kappa shape index (κ3) is 3.40. The number of H-pyrrole nitrogens is 1. The van der Waals surface area contributed by atoms with Crippen LogP contribution in [0.2, 0.25) is 0 Å². The summed E-state index contributed by atoms with van der Waals surface area (Å²) in [6.07, 6.45) is 0. The van der Waals surface area contributed by atoms with Gasteiger partial charge in [0.25, 0.3) is 0 Å². The standard InChI is InChI=1S/C41H28N2.C2H6/c1-41(2)33-14-8-7-13-29(33)30-19-17-26(23-34(30)41)43-36-22-20-31-37-27-11-5-3-9-24(27)16-21-35(37)42-39(31)38(36)32-18-15-25-10-4-6-12-28(25)40(32)43;1-2/h3-23,42H,1-2H3;1-2H3. The van der Waals surface area contributed by atoms with Crippen molar-refractivity contribution >= 4 is 65.2 Å². The van der Waals surface area contributed by atoms with Crippen LogP contribution >= 0.6 is 0 Å². The van der Waals surface area contributed by atoms with Crippen molar-refractivity contribution in [2.75, 3.05) is 0 Å². The van der Waals surface area contributed by atoms with E-state index in [4.69, 9.17) is 0 Å². The second-order valence-corrected chi connectivity index (χ2v) is 12.6. The summed E-state index contributed by atoms with van der Waals surface area (Å²) in [7, 11) is 0. The zero-order valence-corrected chi connectivity index (χ0v) is 26.1. The molecule has 0 fully saturated rings. The maximum Gasteiger partial charge on any atom is 0.0620 e. The van der Waals surface area contributed by atoms with Gasteiger partial charge in [0.05, 0.1) is 16.6 Å². The molecule has 2 aromatic heterocycles. The molecular weight excluding hydrogens is 544 g/mol. The lowest BCUT2D eigenvalue weighted by molar-refractivity contribution is 0.660. The van der Waals surface area contributed by atoms with Crippen LogP contribution in [0.15, 0.2) is 127 Å². The Kier molecular flexibility index (Phi) is 5.41. The van der Waals surface area contributed by atoms with Crippen molar-refractivity contribution in [2.24, 2.45) is 0 Å². The van der Waals surface area contributed by atoms with Gasteiger partial charge in [-0.15, -0.1) is 0 Å². The summed E-state index contributed by atoms with van der Waals surface area (Å²) in [6.45, 7) is 8.72. The van der Waals surface area contributed by atoms with Gasteiger partial charge in [-0.2, -0.15) is 0 Å². The summed E-state index contributed by atoms with van der Waals surface area (Å²) >= 11 is 0. The van der Waals surface area contributed by atoms with Crippen LogP contribution in [-0.4, -0.2) is 9.55 Å². The molecule has 7 aromatic carbocycles. The maximum absolute atomic E-state index is 3.87. The van der Waals surface area contributed by atoms with Crippen LogP contribution < -0.4 is 0 Å². The molecule has 2 heteroatoms. The molecule has 9 aromatic rings. The fourth-order valence-electron chi connectivity index (χ4n) is 8.11. The molecule has 0 bridgehead atoms. The average Bonchev–Trinajstić information content (AvgIpc) is 3.72. The molecule has 1 aliphatic carbocycles. The minimum Gasteiger partial charge on any atom is -0.354 e. The summed E-state index contributed by atoms with van der Waals surface area (Å²) in [6, 6.07) is 47.2. The molecule has 0 aliphatic heterocycles. The van der Waals surface area contributed by atoms with Crippen molar-refractivity contribution < 1.29 is 0 Å². The minimum atomic E-state index is -0.0612. The second-order valence-electron chi connectivity index (χ2n) is 12.6. The molecule has 0 spiro atoms. The largest absolute Gasteiger partial charge is 0.354 e. The number of nitrogens with one attached hydrogen (secondary N) is 1. The Hall–Kier alpha value is -5.34. The van der Waals surface area contributed by atoms with Crippen molar-refractivity contribution in [1.82, 2.24) is 9.55 Å². The van der Waals surface area contributed by atoms with Gasteiger partial charge >= 0.3 is 0 Å². The summed E-state index contributed by atoms with van der Waals surface area (Å²) in [5.74, 6) is 0. The molecule has 1 N–H and O–H groups in total. The van der Waals surface area contributed by atoms with Gasteiger partial charge in [0.1, 0.15) is 0 Å². The number of aromatic nitrogens is 2. The molecule has 0 unspecified atom stereocenters. The minimum absolute atomic E-state index is 0.0612. The fraction of sp³-hybridized carbons (Fsp3) is 0.116. The normalized spacial score (nSPS) is 13.5. The van der Waals surface area contributed by atoms with Crippen LogP contribution in [0, 0.1) is 0 Å². The van der Waals surface area contributed by atoms with Crippen LogP contribution in [0.25, 0.3) is 82.0 Å². The van der Waals surface area contributed by atoms with Crippen LogP contribution in [0.1, 0.15) is 38.8 Å². The van der Waals surface area contributed by atoms with E-state index in [1.54, 1.807) is 0 Å². The van der Waals surface area contributed by atoms with E-state index < -0.39 is 0 Å². The van der Waals surface area contributed by atoms with Crippen molar-refractivity contribution in [3.8, 4) is 16.8 Å². The Bertz CT molecular complexity index is 2640. The van der Waals surface area contributed by atoms with Gasteiger partial charge < -0.3 is 9.55 Å². The van der Waals surface area contributed by atoms with Crippen LogP contribution in [-0.2, 0) is 5.41 Å². The van der Waals surface area contributed by atoms with E-state index in [9.17, 15) is 0 Å². The summed E-state index contributed by atoms with van der Waals surface area (Å²) < 4.78 is 2.51. The number of aromatic amines is 1. The SMILES string of the molecule is CC.CC1(C)c2ccccc2-c2ccc(-n3c4ccc5c([nH]c6ccc7ccccc7c65)c4c4ccc5ccccc5c43)cc21. The molecule has 1 aliphatic rings. The molecule has 0 radical (unpaired) electrons. The van der Waals surface area contributed by atoms with Crippen LogP contribution in [0.4, 0.5) is 0 Å². The van der Waals surface area contributed by atoms with Gasteiger partial charge in [0, 0.05) is 43.6 Å². The first-order valence-electron chi connectivity index (χ1n) is 16.1. The number of hydrogen-bond donors (Lipinski definition) is 1. The first-order chi connectivity index (χ1) is 22.1. The molecule has 0 amide bonds. The smallest absolute Gasteiger partial charge is 0.0620 e. The van der Waals surface area contributed by atoms with Gasteiger partial charge in [0.2, 0.25) is 0 Å². The second kappa shape index (κ2) is 9.33. The molecule has 2 nitrogen and oxygen atoms in total. The highest BCUT2D eigenvalue weighted by molar-refractivity contribution is 6.31. The van der Waals surface area contributed by atoms with Crippen molar-refractivity contribution in [1.29, 1.82) is 0 Å². The van der Waals surface area contributed by atoms with Gasteiger partial charge in [-0.3, -0.25) is 0 Å². The lowest BCUT2D eigenvalue weighted by Crippen LogP contribution is -2.15. The van der Waals surface area contributed by atoms with Crippen molar-refractivity contribution in [3.05, 3.63) is 139 Å². The molecule has 0 saturated carbocycles. The predicted molar refractivity (Wildman–Crippen MR) is 194 cm³/mol. The Morgan fingerprint density at radius 3 is 2.04 bits per heavy atom. The summed E-state index contributed by atoms with van der Waals surface area (Å²) in [5, 5.41) is 10.2. The van der Waals surface area contributed by atoms with Crippen molar-refractivity contribution in [2.45, 2.75) is 33.1 Å². The highest BCUT2D eigenvalue weighted by Crippen LogP contribution is 2.50. The zero-order chi connectivity index (χ0) is 30.4. The summed E-state index contributed by atoms with van der Waals surface area (Å²) in [4.78, 5) is 3.87. The maximum atomic E-state index is 3.87. The van der Waals surface area contributed by atoms with Crippen LogP contribution in [0.5, 0.6) is 0 Å². The van der Waals surface area contributed by atoms with Crippen molar-refractivity contribution in [3.63, 3.8) is 0 Å². The molecule has 0 saturated heterocycles. The first kappa shape index (κ1) is 26.1. The average molecular weight is 579 g/mol. The number of benzene rings is 7. The quantitative estimate of drug-likeness (QED) is 0.200. The lowest BCUT2D eigenvalue weighted by Gasteiger charge is -2.22. The lowest BCUT2D eigenvalue weighted by atomic mass is 9.82. The van der Waals surface area contributed by atoms with E-state index in [1.165, 1.54) is 93.1 Å². The Balaban J connectivity index is 0.00000138. The highest BCUT2D eigenvalue weighted by Gasteiger charge is 2.35. The van der Waals surface area contributed by atoms with E-state index in [0.717, 1.165) is 0 Å². The van der Waals surface area contributed by atoms with E-state index in [2.05, 4.69) is 151 Å². The molecule has 45 heavy (non-hydrogen) atoms. The zero-order valence-electron chi connectivity index (χ0n) is 26.1. The number of fused-ring (bicyclic) bond motifs is 14. The van der Waals surface area contributed by atoms with Gasteiger partial charge in [-0.05, 0) is 62.7 Å². The monoisotopic (exact) mass is 578 g/mol. The molecule has 10 rings (SSSR count). The van der Waals surface area contributed by atoms with Gasteiger partial charge in [-0.25, -0.2) is 0 Å². The van der Waals surface area contributed by atoms with E-state index in [0.29, 0.717) is 0 Å². The Labute approximate surface area is 262 Å². The van der Waals surface area contributed by atoms with Gasteiger partial charge in [0.15, 0.2) is 0 Å². The van der Waals surface area contributed by atoms with E-state index >= 15 is 0 Å². The summed E-state index contributed by atoms with van der Waals surface area (Å²) in [5.41, 5.74) is 11.5. The van der Waals surface area contributed by atoms with Gasteiger partial charge in [-0.1, -0.05) is 131 Å².